The maximum Gasteiger partial charge on any atom is 0.143 e. The summed E-state index contributed by atoms with van der Waals surface area (Å²) in [4.78, 5) is 2.41. The van der Waals surface area contributed by atoms with E-state index in [1.807, 2.05) is 0 Å². The van der Waals surface area contributed by atoms with Gasteiger partial charge in [-0.05, 0) is 99.6 Å². The minimum atomic E-state index is -0.0635. The lowest BCUT2D eigenvalue weighted by molar-refractivity contribution is 0.660. The van der Waals surface area contributed by atoms with Crippen molar-refractivity contribution in [2.24, 2.45) is 0 Å². The molecule has 3 heteroatoms. The van der Waals surface area contributed by atoms with Gasteiger partial charge in [-0.3, -0.25) is 0 Å². The molecule has 0 N–H and O–H groups in total. The van der Waals surface area contributed by atoms with Gasteiger partial charge in [0.1, 0.15) is 11.2 Å². The second-order valence-corrected chi connectivity index (χ2v) is 16.5. The molecule has 0 radical (unpaired) electrons. The Kier molecular flexibility index (Phi) is 7.58. The van der Waals surface area contributed by atoms with Crippen molar-refractivity contribution < 1.29 is 4.42 Å². The molecule has 12 rings (SSSR count). The zero-order chi connectivity index (χ0) is 40.0. The van der Waals surface area contributed by atoms with Crippen LogP contribution < -0.4 is 4.90 Å². The van der Waals surface area contributed by atoms with Crippen molar-refractivity contribution in [2.45, 2.75) is 19.3 Å². The summed E-state index contributed by atoms with van der Waals surface area (Å²) >= 11 is 0. The molecule has 0 spiro atoms. The Labute approximate surface area is 349 Å². The number of benzene rings is 9. The van der Waals surface area contributed by atoms with Crippen LogP contribution in [0.4, 0.5) is 17.1 Å². The Morgan fingerprint density at radius 2 is 1.08 bits per heavy atom. The van der Waals surface area contributed by atoms with Crippen LogP contribution in [-0.2, 0) is 5.41 Å². The SMILES string of the molecule is CC1(C)c2ccccc2-c2ccc(-c3ccc(N(c4ccc5c6ccccc6n(-c6ccccc6)c5c4)c4cccc5oc6c(-c7ccccc7)cccc6c45)cc3)cc21. The van der Waals surface area contributed by atoms with Gasteiger partial charge in [-0.2, -0.15) is 0 Å². The molecule has 60 heavy (non-hydrogen) atoms. The molecule has 0 atom stereocenters. The molecule has 0 unspecified atom stereocenters. The van der Waals surface area contributed by atoms with E-state index in [1.165, 1.54) is 49.7 Å². The van der Waals surface area contributed by atoms with Crippen LogP contribution in [-0.4, -0.2) is 4.57 Å². The van der Waals surface area contributed by atoms with Gasteiger partial charge in [0.25, 0.3) is 0 Å². The first kappa shape index (κ1) is 34.4. The molecule has 3 nitrogen and oxygen atoms in total. The first-order valence-electron chi connectivity index (χ1n) is 20.8. The summed E-state index contributed by atoms with van der Waals surface area (Å²) in [5.74, 6) is 0. The van der Waals surface area contributed by atoms with Gasteiger partial charge in [0.2, 0.25) is 0 Å². The van der Waals surface area contributed by atoms with E-state index in [9.17, 15) is 0 Å². The van der Waals surface area contributed by atoms with E-state index in [-0.39, 0.29) is 5.41 Å². The highest BCUT2D eigenvalue weighted by Gasteiger charge is 2.35. The fourth-order valence-electron chi connectivity index (χ4n) is 9.93. The number of para-hydroxylation sites is 3. The van der Waals surface area contributed by atoms with Crippen molar-refractivity contribution in [1.29, 1.82) is 0 Å². The molecule has 0 fully saturated rings. The van der Waals surface area contributed by atoms with E-state index >= 15 is 0 Å². The van der Waals surface area contributed by atoms with Gasteiger partial charge in [-0.1, -0.05) is 159 Å². The molecule has 284 valence electrons. The third-order valence-corrected chi connectivity index (χ3v) is 12.8. The Morgan fingerprint density at radius 1 is 0.433 bits per heavy atom. The van der Waals surface area contributed by atoms with Gasteiger partial charge in [-0.15, -0.1) is 0 Å². The molecule has 0 amide bonds. The Hall–Kier alpha value is -7.62. The van der Waals surface area contributed by atoms with E-state index in [1.54, 1.807) is 0 Å². The predicted octanol–water partition coefficient (Wildman–Crippen LogP) is 15.8. The van der Waals surface area contributed by atoms with E-state index in [0.29, 0.717) is 0 Å². The van der Waals surface area contributed by atoms with Gasteiger partial charge in [0.15, 0.2) is 0 Å². The molecular formula is C57H40N2O. The number of rotatable bonds is 6. The quantitative estimate of drug-likeness (QED) is 0.168. The largest absolute Gasteiger partial charge is 0.455 e. The molecule has 0 saturated heterocycles. The second-order valence-electron chi connectivity index (χ2n) is 16.5. The Morgan fingerprint density at radius 3 is 1.93 bits per heavy atom. The van der Waals surface area contributed by atoms with Crippen LogP contribution in [0.15, 0.2) is 211 Å². The van der Waals surface area contributed by atoms with Crippen LogP contribution in [0, 0.1) is 0 Å². The van der Waals surface area contributed by atoms with Crippen LogP contribution >= 0.6 is 0 Å². The zero-order valence-electron chi connectivity index (χ0n) is 33.4. The number of aromatic nitrogens is 1. The van der Waals surface area contributed by atoms with E-state index in [4.69, 9.17) is 4.42 Å². The van der Waals surface area contributed by atoms with Gasteiger partial charge >= 0.3 is 0 Å². The van der Waals surface area contributed by atoms with Gasteiger partial charge < -0.3 is 13.9 Å². The van der Waals surface area contributed by atoms with E-state index < -0.39 is 0 Å². The third-order valence-electron chi connectivity index (χ3n) is 12.8. The minimum Gasteiger partial charge on any atom is -0.455 e. The summed E-state index contributed by atoms with van der Waals surface area (Å²) in [5.41, 5.74) is 18.4. The van der Waals surface area contributed by atoms with E-state index in [2.05, 4.69) is 230 Å². The maximum atomic E-state index is 6.81. The Balaban J connectivity index is 1.06. The predicted molar refractivity (Wildman–Crippen MR) is 251 cm³/mol. The number of nitrogens with zero attached hydrogens (tertiary/aromatic N) is 2. The van der Waals surface area contributed by atoms with Gasteiger partial charge in [-0.25, -0.2) is 0 Å². The van der Waals surface area contributed by atoms with E-state index in [0.717, 1.165) is 61.3 Å². The molecule has 2 heterocycles. The lowest BCUT2D eigenvalue weighted by Crippen LogP contribution is -2.14. The summed E-state index contributed by atoms with van der Waals surface area (Å²) in [6.07, 6.45) is 0. The van der Waals surface area contributed by atoms with Gasteiger partial charge in [0.05, 0.1) is 22.1 Å². The average Bonchev–Trinajstić information content (AvgIpc) is 3.93. The summed E-state index contributed by atoms with van der Waals surface area (Å²) in [6.45, 7) is 4.69. The first-order valence-corrected chi connectivity index (χ1v) is 20.8. The topological polar surface area (TPSA) is 21.3 Å². The standard InChI is InChI=1S/C57H40N2O/c1-57(2)49-23-11-9-19-44(49)45-33-29-39(35-50(45)57)37-27-30-41(31-28-37)58(42-32-34-47-46-20-10-12-24-51(46)59(53(47)36-42)40-17-7-4-8-18-40)52-25-14-26-54-55(52)48-22-13-21-43(56(48)60-54)38-15-5-3-6-16-38/h3-36H,1-2H3. The number of furan rings is 1. The third kappa shape index (κ3) is 5.15. The minimum absolute atomic E-state index is 0.0635. The molecule has 1 aliphatic carbocycles. The van der Waals surface area contributed by atoms with Crippen molar-refractivity contribution >= 4 is 60.8 Å². The molecule has 2 aromatic heterocycles. The van der Waals surface area contributed by atoms with Crippen molar-refractivity contribution in [1.82, 2.24) is 4.57 Å². The highest BCUT2D eigenvalue weighted by molar-refractivity contribution is 6.17. The lowest BCUT2D eigenvalue weighted by Gasteiger charge is -2.27. The fourth-order valence-corrected chi connectivity index (χ4v) is 9.93. The van der Waals surface area contributed by atoms with Crippen molar-refractivity contribution in [3.8, 4) is 39.1 Å². The van der Waals surface area contributed by atoms with Crippen LogP contribution in [0.2, 0.25) is 0 Å². The fraction of sp³-hybridized carbons (Fsp3) is 0.0526. The normalized spacial score (nSPS) is 13.0. The average molecular weight is 769 g/mol. The van der Waals surface area contributed by atoms with Crippen LogP contribution in [0.1, 0.15) is 25.0 Å². The smallest absolute Gasteiger partial charge is 0.143 e. The molecule has 9 aromatic carbocycles. The number of hydrogen-bond acceptors (Lipinski definition) is 2. The summed E-state index contributed by atoms with van der Waals surface area (Å²) in [6, 6.07) is 74.8. The Bertz CT molecular complexity index is 3450. The van der Waals surface area contributed by atoms with Crippen molar-refractivity contribution in [2.75, 3.05) is 4.90 Å². The molecule has 1 aliphatic rings. The van der Waals surface area contributed by atoms with Crippen molar-refractivity contribution in [3.05, 3.63) is 217 Å². The highest BCUT2D eigenvalue weighted by atomic mass is 16.3. The second kappa shape index (κ2) is 13.2. The molecule has 0 saturated carbocycles. The highest BCUT2D eigenvalue weighted by Crippen LogP contribution is 2.50. The lowest BCUT2D eigenvalue weighted by atomic mass is 9.81. The number of anilines is 3. The summed E-state index contributed by atoms with van der Waals surface area (Å²) in [7, 11) is 0. The molecular weight excluding hydrogens is 729 g/mol. The van der Waals surface area contributed by atoms with Crippen LogP contribution in [0.3, 0.4) is 0 Å². The first-order chi connectivity index (χ1) is 29.5. The number of hydrogen-bond donors (Lipinski definition) is 0. The molecule has 0 aliphatic heterocycles. The van der Waals surface area contributed by atoms with Crippen LogP contribution in [0.25, 0.3) is 82.8 Å². The number of fused-ring (bicyclic) bond motifs is 9. The van der Waals surface area contributed by atoms with Crippen LogP contribution in [0.5, 0.6) is 0 Å². The molecule has 0 bridgehead atoms. The summed E-state index contributed by atoms with van der Waals surface area (Å²) < 4.78 is 9.20. The summed E-state index contributed by atoms with van der Waals surface area (Å²) in [5, 5.41) is 4.62. The monoisotopic (exact) mass is 768 g/mol. The zero-order valence-corrected chi connectivity index (χ0v) is 33.4. The van der Waals surface area contributed by atoms with Crippen molar-refractivity contribution in [3.63, 3.8) is 0 Å². The van der Waals surface area contributed by atoms with Gasteiger partial charge in [0, 0.05) is 44.2 Å². The maximum absolute atomic E-state index is 6.81. The molecule has 11 aromatic rings.